The summed E-state index contributed by atoms with van der Waals surface area (Å²) in [5, 5.41) is 3.54. The lowest BCUT2D eigenvalue weighted by Crippen LogP contribution is -2.31. The Morgan fingerprint density at radius 3 is 2.94 bits per heavy atom. The molecule has 18 heavy (non-hydrogen) atoms. The Bertz CT molecular complexity index is 446. The predicted molar refractivity (Wildman–Crippen MR) is 71.1 cm³/mol. The van der Waals surface area contributed by atoms with Crippen LogP contribution in [-0.4, -0.2) is 19.4 Å². The van der Waals surface area contributed by atoms with Crippen LogP contribution in [0.2, 0.25) is 0 Å². The molecule has 0 aromatic heterocycles. The maximum atomic E-state index is 5.42. The quantitative estimate of drug-likeness (QED) is 0.891. The van der Waals surface area contributed by atoms with E-state index in [1.54, 1.807) is 0 Å². The largest absolute Gasteiger partial charge is 0.454 e. The number of aryl methyl sites for hydroxylation is 1. The molecular weight excluding hydrogens is 226 g/mol. The topological polar surface area (TPSA) is 30.5 Å². The van der Waals surface area contributed by atoms with Crippen molar-refractivity contribution in [2.75, 3.05) is 13.3 Å². The molecule has 1 saturated heterocycles. The molecule has 1 N–H and O–H groups in total. The van der Waals surface area contributed by atoms with E-state index in [2.05, 4.69) is 31.3 Å². The Labute approximate surface area is 108 Å². The summed E-state index contributed by atoms with van der Waals surface area (Å²) in [6.45, 7) is 6.20. The van der Waals surface area contributed by atoms with Gasteiger partial charge >= 0.3 is 0 Å². The van der Waals surface area contributed by atoms with Crippen LogP contribution in [0.1, 0.15) is 32.3 Å². The summed E-state index contributed by atoms with van der Waals surface area (Å²) in [6.07, 6.45) is 3.61. The maximum absolute atomic E-state index is 5.42. The van der Waals surface area contributed by atoms with Gasteiger partial charge in [-0.05, 0) is 55.8 Å². The van der Waals surface area contributed by atoms with Crippen molar-refractivity contribution in [3.05, 3.63) is 23.8 Å². The fourth-order valence-electron chi connectivity index (χ4n) is 2.90. The van der Waals surface area contributed by atoms with Crippen LogP contribution in [-0.2, 0) is 6.42 Å². The number of nitrogens with one attached hydrogen (secondary N) is 1. The van der Waals surface area contributed by atoms with E-state index in [1.165, 1.54) is 18.4 Å². The van der Waals surface area contributed by atoms with Crippen LogP contribution in [0.5, 0.6) is 11.5 Å². The fourth-order valence-corrected chi connectivity index (χ4v) is 2.90. The third kappa shape index (κ3) is 2.07. The van der Waals surface area contributed by atoms with Crippen molar-refractivity contribution in [1.82, 2.24) is 5.32 Å². The van der Waals surface area contributed by atoms with Gasteiger partial charge in [0.25, 0.3) is 0 Å². The summed E-state index contributed by atoms with van der Waals surface area (Å²) in [7, 11) is 0. The molecule has 1 aromatic rings. The molecule has 3 nitrogen and oxygen atoms in total. The monoisotopic (exact) mass is 247 g/mol. The highest BCUT2D eigenvalue weighted by Gasteiger charge is 2.34. The van der Waals surface area contributed by atoms with Gasteiger partial charge in [0, 0.05) is 6.04 Å². The summed E-state index contributed by atoms with van der Waals surface area (Å²) < 4.78 is 10.8. The Kier molecular flexibility index (Phi) is 2.94. The van der Waals surface area contributed by atoms with Gasteiger partial charge in [0.2, 0.25) is 6.79 Å². The van der Waals surface area contributed by atoms with E-state index in [1.807, 2.05) is 6.07 Å². The average molecular weight is 247 g/mol. The molecule has 1 fully saturated rings. The second-order valence-corrected chi connectivity index (χ2v) is 5.77. The molecule has 2 unspecified atom stereocenters. The highest BCUT2D eigenvalue weighted by Crippen LogP contribution is 2.37. The second-order valence-electron chi connectivity index (χ2n) is 5.77. The van der Waals surface area contributed by atoms with Crippen LogP contribution in [0.3, 0.4) is 0 Å². The molecule has 3 rings (SSSR count). The molecule has 0 aliphatic carbocycles. The zero-order valence-electron chi connectivity index (χ0n) is 11.2. The van der Waals surface area contributed by atoms with Crippen molar-refractivity contribution in [1.29, 1.82) is 0 Å². The molecule has 2 aliphatic rings. The standard InChI is InChI=1S/C15H21NO2/c1-11-15(2,7-8-16-11)6-5-12-3-4-13-14(9-12)18-10-17-13/h3-4,9,11,16H,5-8,10H2,1-2H3. The lowest BCUT2D eigenvalue weighted by molar-refractivity contribution is 0.174. The predicted octanol–water partition coefficient (Wildman–Crippen LogP) is 2.74. The van der Waals surface area contributed by atoms with Crippen molar-refractivity contribution in [2.45, 2.75) is 39.2 Å². The Morgan fingerprint density at radius 1 is 1.33 bits per heavy atom. The number of fused-ring (bicyclic) bond motifs is 1. The van der Waals surface area contributed by atoms with Gasteiger partial charge in [-0.15, -0.1) is 0 Å². The van der Waals surface area contributed by atoms with Crippen LogP contribution >= 0.6 is 0 Å². The van der Waals surface area contributed by atoms with Crippen molar-refractivity contribution >= 4 is 0 Å². The average Bonchev–Trinajstić information content (AvgIpc) is 2.95. The van der Waals surface area contributed by atoms with E-state index in [-0.39, 0.29) is 0 Å². The van der Waals surface area contributed by atoms with Gasteiger partial charge in [-0.3, -0.25) is 0 Å². The number of ether oxygens (including phenoxy) is 2. The fraction of sp³-hybridized carbons (Fsp3) is 0.600. The minimum atomic E-state index is 0.359. The molecule has 2 aliphatic heterocycles. The van der Waals surface area contributed by atoms with Gasteiger partial charge in [-0.1, -0.05) is 13.0 Å². The molecule has 0 saturated carbocycles. The SMILES string of the molecule is CC1NCCC1(C)CCc1ccc2c(c1)OCO2. The van der Waals surface area contributed by atoms with E-state index in [9.17, 15) is 0 Å². The number of hydrogen-bond acceptors (Lipinski definition) is 3. The van der Waals surface area contributed by atoms with Gasteiger partial charge in [0.05, 0.1) is 0 Å². The van der Waals surface area contributed by atoms with Gasteiger partial charge in [-0.2, -0.15) is 0 Å². The highest BCUT2D eigenvalue weighted by molar-refractivity contribution is 5.44. The Balaban J connectivity index is 1.66. The molecule has 2 atom stereocenters. The molecule has 98 valence electrons. The summed E-state index contributed by atoms with van der Waals surface area (Å²) in [5.41, 5.74) is 1.77. The summed E-state index contributed by atoms with van der Waals surface area (Å²) in [6, 6.07) is 6.92. The first-order valence-corrected chi connectivity index (χ1v) is 6.79. The van der Waals surface area contributed by atoms with Crippen LogP contribution in [0.4, 0.5) is 0 Å². The third-order valence-corrected chi connectivity index (χ3v) is 4.61. The lowest BCUT2D eigenvalue weighted by atomic mass is 9.78. The zero-order valence-corrected chi connectivity index (χ0v) is 11.2. The number of benzene rings is 1. The third-order valence-electron chi connectivity index (χ3n) is 4.61. The number of rotatable bonds is 3. The van der Waals surface area contributed by atoms with Crippen LogP contribution < -0.4 is 14.8 Å². The van der Waals surface area contributed by atoms with Crippen molar-refractivity contribution in [3.63, 3.8) is 0 Å². The molecule has 0 spiro atoms. The van der Waals surface area contributed by atoms with E-state index in [0.717, 1.165) is 24.5 Å². The van der Waals surface area contributed by atoms with Crippen LogP contribution in [0, 0.1) is 5.41 Å². The van der Waals surface area contributed by atoms with Gasteiger partial charge in [-0.25, -0.2) is 0 Å². The molecule has 3 heteroatoms. The zero-order chi connectivity index (χ0) is 12.6. The molecular formula is C15H21NO2. The highest BCUT2D eigenvalue weighted by atomic mass is 16.7. The molecule has 0 bridgehead atoms. The van der Waals surface area contributed by atoms with Crippen molar-refractivity contribution in [3.8, 4) is 11.5 Å². The molecule has 1 aromatic carbocycles. The summed E-state index contributed by atoms with van der Waals surface area (Å²) in [4.78, 5) is 0. The van der Waals surface area contributed by atoms with E-state index >= 15 is 0 Å². The van der Waals surface area contributed by atoms with Gasteiger partial charge in [0.1, 0.15) is 0 Å². The van der Waals surface area contributed by atoms with E-state index < -0.39 is 0 Å². The first kappa shape index (κ1) is 11.8. The van der Waals surface area contributed by atoms with Crippen LogP contribution in [0.15, 0.2) is 18.2 Å². The maximum Gasteiger partial charge on any atom is 0.231 e. The minimum absolute atomic E-state index is 0.359. The Morgan fingerprint density at radius 2 is 2.17 bits per heavy atom. The van der Waals surface area contributed by atoms with Gasteiger partial charge < -0.3 is 14.8 Å². The normalized spacial score (nSPS) is 29.8. The van der Waals surface area contributed by atoms with Crippen LogP contribution in [0.25, 0.3) is 0 Å². The second kappa shape index (κ2) is 4.47. The van der Waals surface area contributed by atoms with E-state index in [4.69, 9.17) is 9.47 Å². The molecule has 0 amide bonds. The first-order chi connectivity index (χ1) is 8.67. The van der Waals surface area contributed by atoms with Gasteiger partial charge in [0.15, 0.2) is 11.5 Å². The van der Waals surface area contributed by atoms with E-state index in [0.29, 0.717) is 18.2 Å². The molecule has 0 radical (unpaired) electrons. The number of hydrogen-bond donors (Lipinski definition) is 1. The van der Waals surface area contributed by atoms with Crippen molar-refractivity contribution in [2.24, 2.45) is 5.41 Å². The summed E-state index contributed by atoms with van der Waals surface area (Å²) in [5.74, 6) is 1.77. The summed E-state index contributed by atoms with van der Waals surface area (Å²) >= 11 is 0. The molecule has 2 heterocycles. The Hall–Kier alpha value is -1.22. The smallest absolute Gasteiger partial charge is 0.231 e. The lowest BCUT2D eigenvalue weighted by Gasteiger charge is -2.28. The first-order valence-electron chi connectivity index (χ1n) is 6.79. The minimum Gasteiger partial charge on any atom is -0.454 e. The van der Waals surface area contributed by atoms with Crippen molar-refractivity contribution < 1.29 is 9.47 Å².